The van der Waals surface area contributed by atoms with Gasteiger partial charge in [-0.05, 0) is 12.5 Å². The van der Waals surface area contributed by atoms with Crippen molar-refractivity contribution in [1.29, 1.82) is 0 Å². The first kappa shape index (κ1) is 13.2. The third-order valence-corrected chi connectivity index (χ3v) is 3.84. The van der Waals surface area contributed by atoms with E-state index in [1.54, 1.807) is 18.4 Å². The van der Waals surface area contributed by atoms with Gasteiger partial charge in [0.2, 0.25) is 0 Å². The number of aromatic nitrogens is 1. The highest BCUT2D eigenvalue weighted by molar-refractivity contribution is 7.09. The zero-order chi connectivity index (χ0) is 13.0. The van der Waals surface area contributed by atoms with E-state index in [0.29, 0.717) is 0 Å². The average Bonchev–Trinajstić information content (AvgIpc) is 2.77. The van der Waals surface area contributed by atoms with Gasteiger partial charge in [-0.25, -0.2) is 4.98 Å². The normalized spacial score (nSPS) is 14.4. The highest BCUT2D eigenvalue weighted by Crippen LogP contribution is 2.22. The summed E-state index contributed by atoms with van der Waals surface area (Å²) in [4.78, 5) is 4.44. The summed E-state index contributed by atoms with van der Waals surface area (Å²) in [6, 6.07) is 10.0. The SMILES string of the molecule is COC(c1ccccc1)C(N)Cc1nc(C)cs1. The molecule has 96 valence electrons. The molecule has 2 N–H and O–H groups in total. The number of ether oxygens (including phenoxy) is 1. The maximum Gasteiger partial charge on any atom is 0.0976 e. The number of nitrogens with two attached hydrogens (primary N) is 1. The third-order valence-electron chi connectivity index (χ3n) is 2.85. The molecule has 1 aromatic carbocycles. The summed E-state index contributed by atoms with van der Waals surface area (Å²) in [6.07, 6.45) is 0.654. The van der Waals surface area contributed by atoms with Gasteiger partial charge in [0.25, 0.3) is 0 Å². The van der Waals surface area contributed by atoms with E-state index < -0.39 is 0 Å². The van der Waals surface area contributed by atoms with Gasteiger partial charge in [0.1, 0.15) is 0 Å². The van der Waals surface area contributed by atoms with Gasteiger partial charge in [-0.3, -0.25) is 0 Å². The van der Waals surface area contributed by atoms with Gasteiger partial charge < -0.3 is 10.5 Å². The summed E-state index contributed by atoms with van der Waals surface area (Å²) in [5.74, 6) is 0. The Hall–Kier alpha value is -1.23. The van der Waals surface area contributed by atoms with Crippen LogP contribution in [0.25, 0.3) is 0 Å². The lowest BCUT2D eigenvalue weighted by Crippen LogP contribution is -2.31. The Bertz CT molecular complexity index is 484. The molecule has 0 saturated carbocycles. The molecule has 0 saturated heterocycles. The van der Waals surface area contributed by atoms with Gasteiger partial charge in [0.05, 0.1) is 11.1 Å². The Kier molecular flexibility index (Phi) is 4.47. The second-order valence-corrected chi connectivity index (χ2v) is 5.26. The standard InChI is InChI=1S/C14H18N2OS/c1-10-9-18-13(16-10)8-12(15)14(17-2)11-6-4-3-5-7-11/h3-7,9,12,14H,8,15H2,1-2H3. The Balaban J connectivity index is 2.08. The van der Waals surface area contributed by atoms with Crippen LogP contribution in [0.2, 0.25) is 0 Å². The number of hydrogen-bond donors (Lipinski definition) is 1. The molecule has 0 aliphatic carbocycles. The molecule has 0 amide bonds. The summed E-state index contributed by atoms with van der Waals surface area (Å²) in [5.41, 5.74) is 8.41. The third kappa shape index (κ3) is 3.16. The second-order valence-electron chi connectivity index (χ2n) is 4.32. The fraction of sp³-hybridized carbons (Fsp3) is 0.357. The van der Waals surface area contributed by atoms with Crippen molar-refractivity contribution in [1.82, 2.24) is 4.98 Å². The number of rotatable bonds is 5. The van der Waals surface area contributed by atoms with Crippen LogP contribution in [0.15, 0.2) is 35.7 Å². The van der Waals surface area contributed by atoms with E-state index in [-0.39, 0.29) is 12.1 Å². The molecular formula is C14H18N2OS. The van der Waals surface area contributed by atoms with Crippen molar-refractivity contribution in [3.05, 3.63) is 52.0 Å². The molecule has 2 aromatic rings. The monoisotopic (exact) mass is 262 g/mol. The van der Waals surface area contributed by atoms with E-state index in [4.69, 9.17) is 10.5 Å². The van der Waals surface area contributed by atoms with Crippen molar-refractivity contribution in [2.75, 3.05) is 7.11 Å². The van der Waals surface area contributed by atoms with Crippen LogP contribution in [-0.2, 0) is 11.2 Å². The van der Waals surface area contributed by atoms with Crippen molar-refractivity contribution in [3.63, 3.8) is 0 Å². The smallest absolute Gasteiger partial charge is 0.0976 e. The number of nitrogens with zero attached hydrogens (tertiary/aromatic N) is 1. The maximum atomic E-state index is 6.24. The van der Waals surface area contributed by atoms with Crippen LogP contribution < -0.4 is 5.73 Å². The van der Waals surface area contributed by atoms with Crippen molar-refractivity contribution in [2.24, 2.45) is 5.73 Å². The fourth-order valence-corrected chi connectivity index (χ4v) is 2.85. The largest absolute Gasteiger partial charge is 0.375 e. The molecule has 2 unspecified atom stereocenters. The van der Waals surface area contributed by atoms with Crippen LogP contribution in [0.4, 0.5) is 0 Å². The summed E-state index contributed by atoms with van der Waals surface area (Å²) >= 11 is 1.65. The summed E-state index contributed by atoms with van der Waals surface area (Å²) < 4.78 is 5.53. The first-order valence-electron chi connectivity index (χ1n) is 5.95. The number of benzene rings is 1. The number of thiazole rings is 1. The molecule has 0 aliphatic rings. The fourth-order valence-electron chi connectivity index (χ4n) is 2.01. The molecule has 0 bridgehead atoms. The molecule has 18 heavy (non-hydrogen) atoms. The van der Waals surface area contributed by atoms with E-state index in [1.165, 1.54) is 0 Å². The van der Waals surface area contributed by atoms with Crippen LogP contribution in [0.1, 0.15) is 22.4 Å². The first-order valence-corrected chi connectivity index (χ1v) is 6.83. The van der Waals surface area contributed by atoms with Crippen LogP contribution in [0.3, 0.4) is 0 Å². The van der Waals surface area contributed by atoms with Crippen molar-refractivity contribution >= 4 is 11.3 Å². The second kappa shape index (κ2) is 6.09. The van der Waals surface area contributed by atoms with Crippen LogP contribution in [-0.4, -0.2) is 18.1 Å². The van der Waals surface area contributed by atoms with Crippen LogP contribution in [0.5, 0.6) is 0 Å². The van der Waals surface area contributed by atoms with Crippen LogP contribution in [0, 0.1) is 6.92 Å². The van der Waals surface area contributed by atoms with Gasteiger partial charge in [0.15, 0.2) is 0 Å². The van der Waals surface area contributed by atoms with Crippen LogP contribution >= 0.6 is 11.3 Å². The lowest BCUT2D eigenvalue weighted by atomic mass is 10.0. The minimum atomic E-state index is -0.0876. The predicted octanol–water partition coefficient (Wildman–Crippen LogP) is 2.71. The number of methoxy groups -OCH3 is 1. The lowest BCUT2D eigenvalue weighted by molar-refractivity contribution is 0.0802. The zero-order valence-corrected chi connectivity index (χ0v) is 11.5. The Labute approximate surface area is 112 Å². The predicted molar refractivity (Wildman–Crippen MR) is 74.7 cm³/mol. The molecule has 0 spiro atoms. The number of aryl methyl sites for hydroxylation is 1. The lowest BCUT2D eigenvalue weighted by Gasteiger charge is -2.22. The summed E-state index contributed by atoms with van der Waals surface area (Å²) in [7, 11) is 1.70. The zero-order valence-electron chi connectivity index (χ0n) is 10.7. The molecule has 0 aliphatic heterocycles. The van der Waals surface area contributed by atoms with Crippen molar-refractivity contribution in [2.45, 2.75) is 25.5 Å². The molecular weight excluding hydrogens is 244 g/mol. The molecule has 0 radical (unpaired) electrons. The van der Waals surface area contributed by atoms with Gasteiger partial charge >= 0.3 is 0 Å². The quantitative estimate of drug-likeness (QED) is 0.901. The Morgan fingerprint density at radius 1 is 1.33 bits per heavy atom. The van der Waals surface area contributed by atoms with E-state index in [1.807, 2.05) is 42.6 Å². The molecule has 0 fully saturated rings. The Morgan fingerprint density at radius 3 is 2.61 bits per heavy atom. The Morgan fingerprint density at radius 2 is 2.06 bits per heavy atom. The number of hydrogen-bond acceptors (Lipinski definition) is 4. The first-order chi connectivity index (χ1) is 8.70. The minimum absolute atomic E-state index is 0.0806. The molecule has 1 heterocycles. The van der Waals surface area contributed by atoms with E-state index in [9.17, 15) is 0 Å². The molecule has 2 atom stereocenters. The van der Waals surface area contributed by atoms with E-state index in [2.05, 4.69) is 4.98 Å². The summed E-state index contributed by atoms with van der Waals surface area (Å²) in [5, 5.41) is 3.12. The van der Waals surface area contributed by atoms with Gasteiger partial charge in [0, 0.05) is 30.6 Å². The maximum absolute atomic E-state index is 6.24. The van der Waals surface area contributed by atoms with Crippen molar-refractivity contribution < 1.29 is 4.74 Å². The molecule has 1 aromatic heterocycles. The highest BCUT2D eigenvalue weighted by atomic mass is 32.1. The topological polar surface area (TPSA) is 48.1 Å². The van der Waals surface area contributed by atoms with Gasteiger partial charge in [-0.2, -0.15) is 0 Å². The highest BCUT2D eigenvalue weighted by Gasteiger charge is 2.20. The summed E-state index contributed by atoms with van der Waals surface area (Å²) in [6.45, 7) is 2.00. The van der Waals surface area contributed by atoms with E-state index in [0.717, 1.165) is 22.7 Å². The van der Waals surface area contributed by atoms with Gasteiger partial charge in [-0.15, -0.1) is 11.3 Å². The van der Waals surface area contributed by atoms with E-state index >= 15 is 0 Å². The van der Waals surface area contributed by atoms with Gasteiger partial charge in [-0.1, -0.05) is 30.3 Å². The van der Waals surface area contributed by atoms with Crippen molar-refractivity contribution in [3.8, 4) is 0 Å². The molecule has 4 heteroatoms. The minimum Gasteiger partial charge on any atom is -0.375 e. The molecule has 2 rings (SSSR count). The average molecular weight is 262 g/mol. The molecule has 3 nitrogen and oxygen atoms in total.